The van der Waals surface area contributed by atoms with Crippen LogP contribution in [-0.2, 0) is 6.42 Å². The molecule has 0 spiro atoms. The van der Waals surface area contributed by atoms with Gasteiger partial charge in [0.15, 0.2) is 5.96 Å². The molecule has 6 nitrogen and oxygen atoms in total. The van der Waals surface area contributed by atoms with Crippen LogP contribution in [0.2, 0.25) is 0 Å². The largest absolute Gasteiger partial charge is 0.357 e. The van der Waals surface area contributed by atoms with Gasteiger partial charge in [-0.05, 0) is 57.7 Å². The lowest BCUT2D eigenvalue weighted by atomic mass is 10.1. The van der Waals surface area contributed by atoms with E-state index in [0.29, 0.717) is 6.04 Å². The number of rotatable bonds is 10. The number of hydrogen-bond acceptors (Lipinski definition) is 3. The molecule has 1 aromatic carbocycles. The number of aliphatic imine (C=N–C) groups is 1. The van der Waals surface area contributed by atoms with Crippen molar-refractivity contribution in [1.29, 1.82) is 0 Å². The van der Waals surface area contributed by atoms with E-state index < -0.39 is 0 Å². The minimum Gasteiger partial charge on any atom is -0.357 e. The van der Waals surface area contributed by atoms with Gasteiger partial charge in [0.2, 0.25) is 0 Å². The minimum atomic E-state index is 0.0371. The molecule has 2 rings (SSSR count). The first-order valence-corrected chi connectivity index (χ1v) is 10.5. The number of guanidine groups is 1. The molecule has 0 unspecified atom stereocenters. The summed E-state index contributed by atoms with van der Waals surface area (Å²) < 4.78 is 0. The lowest BCUT2D eigenvalue weighted by Crippen LogP contribution is -2.40. The lowest BCUT2D eigenvalue weighted by Gasteiger charge is -2.25. The molecule has 1 amide bonds. The predicted octanol–water partition coefficient (Wildman–Crippen LogP) is 2.36. The molecule has 1 aromatic rings. The number of benzene rings is 1. The Morgan fingerprint density at radius 1 is 1.25 bits per heavy atom. The standard InChI is InChI=1S/C22H37N5O/c1-6-23-22(25-14-15-27(17(2)3)20-10-11-20)24-13-12-18-8-7-9-19(16-18)21(28)26(4)5/h7-9,16-17,20H,6,10-15H2,1-5H3,(H2,23,24,25). The van der Waals surface area contributed by atoms with Gasteiger partial charge in [-0.25, -0.2) is 0 Å². The molecule has 1 aliphatic carbocycles. The molecule has 0 bridgehead atoms. The van der Waals surface area contributed by atoms with Gasteiger partial charge in [-0.2, -0.15) is 0 Å². The van der Waals surface area contributed by atoms with Crippen molar-refractivity contribution in [3.05, 3.63) is 35.4 Å². The van der Waals surface area contributed by atoms with Crippen molar-refractivity contribution in [2.24, 2.45) is 4.99 Å². The molecule has 1 fully saturated rings. The zero-order valence-corrected chi connectivity index (χ0v) is 18.2. The summed E-state index contributed by atoms with van der Waals surface area (Å²) in [6, 6.07) is 9.20. The van der Waals surface area contributed by atoms with Crippen molar-refractivity contribution < 1.29 is 4.79 Å². The second-order valence-corrected chi connectivity index (χ2v) is 7.90. The van der Waals surface area contributed by atoms with Crippen LogP contribution in [0.3, 0.4) is 0 Å². The molecule has 1 aliphatic rings. The van der Waals surface area contributed by atoms with Crippen LogP contribution in [0.5, 0.6) is 0 Å². The zero-order valence-electron chi connectivity index (χ0n) is 18.2. The van der Waals surface area contributed by atoms with Gasteiger partial charge in [0.25, 0.3) is 5.91 Å². The molecule has 0 atom stereocenters. The fraction of sp³-hybridized carbons (Fsp3) is 0.636. The maximum absolute atomic E-state index is 12.1. The van der Waals surface area contributed by atoms with Crippen LogP contribution in [0.1, 0.15) is 49.5 Å². The molecule has 1 saturated carbocycles. The maximum Gasteiger partial charge on any atom is 0.253 e. The SMILES string of the molecule is CCNC(=NCCN(C(C)C)C1CC1)NCCc1cccc(C(=O)N(C)C)c1. The summed E-state index contributed by atoms with van der Waals surface area (Å²) in [5, 5.41) is 6.73. The monoisotopic (exact) mass is 387 g/mol. The fourth-order valence-corrected chi connectivity index (χ4v) is 3.33. The van der Waals surface area contributed by atoms with Crippen LogP contribution in [-0.4, -0.2) is 74.0 Å². The Morgan fingerprint density at radius 2 is 2.00 bits per heavy atom. The number of nitrogens with one attached hydrogen (secondary N) is 2. The van der Waals surface area contributed by atoms with Crippen LogP contribution in [0.15, 0.2) is 29.3 Å². The molecular formula is C22H37N5O. The predicted molar refractivity (Wildman–Crippen MR) is 117 cm³/mol. The van der Waals surface area contributed by atoms with Crippen molar-refractivity contribution in [1.82, 2.24) is 20.4 Å². The highest BCUT2D eigenvalue weighted by Crippen LogP contribution is 2.28. The number of nitrogens with zero attached hydrogens (tertiary/aromatic N) is 3. The van der Waals surface area contributed by atoms with E-state index in [-0.39, 0.29) is 5.91 Å². The van der Waals surface area contributed by atoms with E-state index in [9.17, 15) is 4.79 Å². The second kappa shape index (κ2) is 11.1. The smallest absolute Gasteiger partial charge is 0.253 e. The summed E-state index contributed by atoms with van der Waals surface area (Å²) in [7, 11) is 3.55. The molecule has 0 saturated heterocycles. The molecule has 28 heavy (non-hydrogen) atoms. The summed E-state index contributed by atoms with van der Waals surface area (Å²) in [5.41, 5.74) is 1.88. The summed E-state index contributed by atoms with van der Waals surface area (Å²) in [6.07, 6.45) is 3.50. The Kier molecular flexibility index (Phi) is 8.77. The van der Waals surface area contributed by atoms with E-state index >= 15 is 0 Å². The summed E-state index contributed by atoms with van der Waals surface area (Å²) in [5.74, 6) is 0.901. The third kappa shape index (κ3) is 7.15. The average molecular weight is 388 g/mol. The topological polar surface area (TPSA) is 60.0 Å². The molecule has 2 N–H and O–H groups in total. The highest BCUT2D eigenvalue weighted by atomic mass is 16.2. The van der Waals surface area contributed by atoms with E-state index in [1.54, 1.807) is 19.0 Å². The van der Waals surface area contributed by atoms with E-state index in [0.717, 1.165) is 55.7 Å². The van der Waals surface area contributed by atoms with Crippen LogP contribution in [0.4, 0.5) is 0 Å². The van der Waals surface area contributed by atoms with E-state index in [1.807, 2.05) is 18.2 Å². The van der Waals surface area contributed by atoms with Gasteiger partial charge in [0.05, 0.1) is 6.54 Å². The lowest BCUT2D eigenvalue weighted by molar-refractivity contribution is 0.0827. The van der Waals surface area contributed by atoms with Crippen molar-refractivity contribution >= 4 is 11.9 Å². The van der Waals surface area contributed by atoms with Crippen LogP contribution < -0.4 is 10.6 Å². The van der Waals surface area contributed by atoms with E-state index in [4.69, 9.17) is 4.99 Å². The number of amides is 1. The molecular weight excluding hydrogens is 350 g/mol. The first-order chi connectivity index (χ1) is 13.4. The van der Waals surface area contributed by atoms with E-state index in [2.05, 4.69) is 42.4 Å². The van der Waals surface area contributed by atoms with Crippen LogP contribution >= 0.6 is 0 Å². The van der Waals surface area contributed by atoms with Gasteiger partial charge in [0.1, 0.15) is 0 Å². The Labute approximate surface area is 170 Å². The average Bonchev–Trinajstić information content (AvgIpc) is 3.49. The first kappa shape index (κ1) is 22.2. The fourth-order valence-electron chi connectivity index (χ4n) is 3.33. The zero-order chi connectivity index (χ0) is 20.5. The highest BCUT2D eigenvalue weighted by molar-refractivity contribution is 5.94. The van der Waals surface area contributed by atoms with Crippen molar-refractivity contribution in [3.8, 4) is 0 Å². The maximum atomic E-state index is 12.1. The third-order valence-corrected chi connectivity index (χ3v) is 4.94. The third-order valence-electron chi connectivity index (χ3n) is 4.94. The van der Waals surface area contributed by atoms with Gasteiger partial charge in [-0.15, -0.1) is 0 Å². The molecule has 6 heteroatoms. The van der Waals surface area contributed by atoms with Gasteiger partial charge in [-0.1, -0.05) is 12.1 Å². The Hall–Kier alpha value is -2.08. The van der Waals surface area contributed by atoms with Gasteiger partial charge < -0.3 is 15.5 Å². The van der Waals surface area contributed by atoms with E-state index in [1.165, 1.54) is 12.8 Å². The Bertz CT molecular complexity index is 650. The Balaban J connectivity index is 1.84. The van der Waals surface area contributed by atoms with Gasteiger partial charge in [0, 0.05) is 51.4 Å². The molecule has 0 heterocycles. The van der Waals surface area contributed by atoms with Crippen LogP contribution in [0.25, 0.3) is 0 Å². The second-order valence-electron chi connectivity index (χ2n) is 7.90. The van der Waals surface area contributed by atoms with Crippen molar-refractivity contribution in [3.63, 3.8) is 0 Å². The number of carbonyl (C=O) groups is 1. The number of hydrogen-bond donors (Lipinski definition) is 2. The number of carbonyl (C=O) groups excluding carboxylic acids is 1. The van der Waals surface area contributed by atoms with Crippen molar-refractivity contribution in [2.75, 3.05) is 40.3 Å². The normalized spacial score (nSPS) is 14.5. The van der Waals surface area contributed by atoms with Gasteiger partial charge in [-0.3, -0.25) is 14.7 Å². The first-order valence-electron chi connectivity index (χ1n) is 10.5. The summed E-state index contributed by atoms with van der Waals surface area (Å²) in [6.45, 7) is 10.0. The quantitative estimate of drug-likeness (QED) is 0.478. The molecule has 0 radical (unpaired) electrons. The molecule has 156 valence electrons. The Morgan fingerprint density at radius 3 is 2.61 bits per heavy atom. The van der Waals surface area contributed by atoms with Crippen LogP contribution in [0, 0.1) is 0 Å². The highest BCUT2D eigenvalue weighted by Gasteiger charge is 2.29. The molecule has 0 aromatic heterocycles. The minimum absolute atomic E-state index is 0.0371. The van der Waals surface area contributed by atoms with Gasteiger partial charge >= 0.3 is 0 Å². The summed E-state index contributed by atoms with van der Waals surface area (Å²) >= 11 is 0. The summed E-state index contributed by atoms with van der Waals surface area (Å²) in [4.78, 5) is 21.0. The van der Waals surface area contributed by atoms with Crippen molar-refractivity contribution in [2.45, 2.75) is 52.1 Å². The molecule has 0 aliphatic heterocycles.